The van der Waals surface area contributed by atoms with E-state index in [1.165, 1.54) is 6.07 Å². The zero-order valence-corrected chi connectivity index (χ0v) is 15.5. The number of hydrogen-bond acceptors (Lipinski definition) is 5. The molecule has 0 unspecified atom stereocenters. The predicted molar refractivity (Wildman–Crippen MR) is 95.0 cm³/mol. The van der Waals surface area contributed by atoms with Crippen molar-refractivity contribution >= 4 is 11.7 Å². The highest BCUT2D eigenvalue weighted by Gasteiger charge is 2.36. The molecule has 6 nitrogen and oxygen atoms in total. The number of halogens is 2. The first-order valence-corrected chi connectivity index (χ1v) is 8.77. The molecule has 0 aliphatic carbocycles. The Morgan fingerprint density at radius 1 is 1.33 bits per heavy atom. The van der Waals surface area contributed by atoms with Crippen molar-refractivity contribution in [2.75, 3.05) is 11.9 Å². The second-order valence-electron chi connectivity index (χ2n) is 7.90. The van der Waals surface area contributed by atoms with E-state index < -0.39 is 23.8 Å². The number of anilines is 1. The number of likely N-dealkylation sites (tertiary alicyclic amines) is 1. The number of carbonyl (C=O) groups is 1. The molecule has 8 heteroatoms. The molecule has 1 aromatic heterocycles. The molecule has 1 aromatic carbocycles. The van der Waals surface area contributed by atoms with Gasteiger partial charge in [-0.3, -0.25) is 9.69 Å². The molecule has 1 saturated heterocycles. The Morgan fingerprint density at radius 3 is 2.70 bits per heavy atom. The first-order valence-electron chi connectivity index (χ1n) is 8.77. The summed E-state index contributed by atoms with van der Waals surface area (Å²) in [4.78, 5) is 14.4. The van der Waals surface area contributed by atoms with Crippen molar-refractivity contribution in [2.45, 2.75) is 51.3 Å². The summed E-state index contributed by atoms with van der Waals surface area (Å²) < 4.78 is 31.8. The summed E-state index contributed by atoms with van der Waals surface area (Å²) >= 11 is 0. The van der Waals surface area contributed by atoms with Crippen LogP contribution >= 0.6 is 0 Å². The second kappa shape index (κ2) is 7.36. The molecule has 1 aliphatic rings. The summed E-state index contributed by atoms with van der Waals surface area (Å²) in [6.45, 7) is 6.39. The van der Waals surface area contributed by atoms with Crippen LogP contribution in [-0.2, 0) is 16.8 Å². The molecule has 2 heterocycles. The Labute approximate surface area is 156 Å². The van der Waals surface area contributed by atoms with Crippen molar-refractivity contribution < 1.29 is 23.2 Å². The maximum absolute atomic E-state index is 13.4. The van der Waals surface area contributed by atoms with Crippen LogP contribution in [0.15, 0.2) is 28.8 Å². The largest absolute Gasteiger partial charge is 0.392 e. The van der Waals surface area contributed by atoms with Crippen LogP contribution in [0.5, 0.6) is 0 Å². The Morgan fingerprint density at radius 2 is 2.07 bits per heavy atom. The minimum atomic E-state index is -0.939. The molecule has 1 fully saturated rings. The number of hydrogen-bond donors (Lipinski definition) is 2. The van der Waals surface area contributed by atoms with Crippen molar-refractivity contribution in [3.63, 3.8) is 0 Å². The summed E-state index contributed by atoms with van der Waals surface area (Å²) in [6, 6.07) is 4.68. The topological polar surface area (TPSA) is 78.6 Å². The zero-order valence-electron chi connectivity index (χ0n) is 15.5. The van der Waals surface area contributed by atoms with Crippen LogP contribution in [0, 0.1) is 11.6 Å². The number of benzene rings is 1. The molecule has 0 radical (unpaired) electrons. The van der Waals surface area contributed by atoms with Gasteiger partial charge in [0.15, 0.2) is 17.5 Å². The number of aliphatic hydroxyl groups excluding tert-OH is 1. The highest BCUT2D eigenvalue weighted by atomic mass is 19.2. The van der Waals surface area contributed by atoms with E-state index in [2.05, 4.69) is 10.5 Å². The number of nitrogens with one attached hydrogen (secondary N) is 1. The fourth-order valence-corrected chi connectivity index (χ4v) is 3.10. The molecule has 0 saturated carbocycles. The van der Waals surface area contributed by atoms with Crippen LogP contribution < -0.4 is 5.32 Å². The highest BCUT2D eigenvalue weighted by Crippen LogP contribution is 2.26. The molecule has 1 aliphatic heterocycles. The van der Waals surface area contributed by atoms with Crippen molar-refractivity contribution in [3.8, 4) is 0 Å². The van der Waals surface area contributed by atoms with Gasteiger partial charge < -0.3 is 14.9 Å². The maximum Gasteiger partial charge on any atom is 0.243 e. The van der Waals surface area contributed by atoms with Crippen LogP contribution in [0.25, 0.3) is 0 Å². The monoisotopic (exact) mass is 379 g/mol. The molecule has 27 heavy (non-hydrogen) atoms. The lowest BCUT2D eigenvalue weighted by Gasteiger charge is -2.23. The summed E-state index contributed by atoms with van der Waals surface area (Å²) in [5.41, 5.74) is 0.287. The van der Waals surface area contributed by atoms with E-state index in [1.807, 2.05) is 20.8 Å². The van der Waals surface area contributed by atoms with Gasteiger partial charge in [-0.2, -0.15) is 0 Å². The SMILES string of the molecule is CC(C)(C)c1cc(NC(=O)[C@@H]2C[C@@H](O)CN2Cc2ccc(F)c(F)c2)no1. The van der Waals surface area contributed by atoms with Gasteiger partial charge in [0.2, 0.25) is 5.91 Å². The molecule has 2 atom stereocenters. The Balaban J connectivity index is 1.70. The number of carbonyl (C=O) groups excluding carboxylic acids is 1. The van der Waals surface area contributed by atoms with E-state index >= 15 is 0 Å². The fourth-order valence-electron chi connectivity index (χ4n) is 3.10. The number of aliphatic hydroxyl groups is 1. The van der Waals surface area contributed by atoms with Gasteiger partial charge in [0.25, 0.3) is 0 Å². The van der Waals surface area contributed by atoms with E-state index in [0.717, 1.165) is 12.1 Å². The summed E-state index contributed by atoms with van der Waals surface area (Å²) in [6.07, 6.45) is -0.423. The van der Waals surface area contributed by atoms with Gasteiger partial charge in [0, 0.05) is 24.6 Å². The molecule has 0 bridgehead atoms. The molecule has 3 rings (SSSR count). The zero-order chi connectivity index (χ0) is 19.8. The minimum Gasteiger partial charge on any atom is -0.392 e. The quantitative estimate of drug-likeness (QED) is 0.854. The highest BCUT2D eigenvalue weighted by molar-refractivity contribution is 5.94. The van der Waals surface area contributed by atoms with Crippen LogP contribution in [0.2, 0.25) is 0 Å². The van der Waals surface area contributed by atoms with Crippen molar-refractivity contribution in [3.05, 3.63) is 47.2 Å². The summed E-state index contributed by atoms with van der Waals surface area (Å²) in [5.74, 6) is -1.24. The van der Waals surface area contributed by atoms with E-state index in [-0.39, 0.29) is 30.8 Å². The fraction of sp³-hybridized carbons (Fsp3) is 0.474. The predicted octanol–water partition coefficient (Wildman–Crippen LogP) is 2.82. The second-order valence-corrected chi connectivity index (χ2v) is 7.90. The normalized spacial score (nSPS) is 20.8. The first kappa shape index (κ1) is 19.4. The molecular formula is C19H23F2N3O3. The molecule has 2 aromatic rings. The van der Waals surface area contributed by atoms with Crippen molar-refractivity contribution in [1.82, 2.24) is 10.1 Å². The number of nitrogens with zero attached hydrogens (tertiary/aromatic N) is 2. The standard InChI is InChI=1S/C19H23F2N3O3/c1-19(2,3)16-8-17(23-27-16)22-18(26)15-7-12(25)10-24(15)9-11-4-5-13(20)14(21)6-11/h4-6,8,12,15,25H,7,9-10H2,1-3H3,(H,22,23,26)/t12-,15+/m1/s1. The van der Waals surface area contributed by atoms with E-state index in [1.54, 1.807) is 11.0 Å². The third kappa shape index (κ3) is 4.51. The van der Waals surface area contributed by atoms with Gasteiger partial charge in [-0.25, -0.2) is 8.78 Å². The van der Waals surface area contributed by atoms with Crippen LogP contribution in [0.4, 0.5) is 14.6 Å². The molecule has 1 amide bonds. The lowest BCUT2D eigenvalue weighted by Crippen LogP contribution is -2.39. The van der Waals surface area contributed by atoms with Crippen LogP contribution in [-0.4, -0.2) is 39.8 Å². The number of aromatic nitrogens is 1. The van der Waals surface area contributed by atoms with E-state index in [0.29, 0.717) is 17.1 Å². The van der Waals surface area contributed by atoms with Crippen molar-refractivity contribution in [2.24, 2.45) is 0 Å². The summed E-state index contributed by atoms with van der Waals surface area (Å²) in [7, 11) is 0. The minimum absolute atomic E-state index is 0.221. The molecule has 146 valence electrons. The lowest BCUT2D eigenvalue weighted by atomic mass is 9.93. The van der Waals surface area contributed by atoms with Gasteiger partial charge in [0.1, 0.15) is 5.76 Å². The van der Waals surface area contributed by atoms with Gasteiger partial charge in [0.05, 0.1) is 12.1 Å². The van der Waals surface area contributed by atoms with E-state index in [9.17, 15) is 18.7 Å². The smallest absolute Gasteiger partial charge is 0.243 e. The molecular weight excluding hydrogens is 356 g/mol. The van der Waals surface area contributed by atoms with Crippen LogP contribution in [0.3, 0.4) is 0 Å². The average Bonchev–Trinajstić information content (AvgIpc) is 3.17. The maximum atomic E-state index is 13.4. The first-order chi connectivity index (χ1) is 12.6. The Hall–Kier alpha value is -2.32. The van der Waals surface area contributed by atoms with Crippen LogP contribution in [0.1, 0.15) is 38.5 Å². The van der Waals surface area contributed by atoms with Crippen molar-refractivity contribution in [1.29, 1.82) is 0 Å². The van der Waals surface area contributed by atoms with Gasteiger partial charge in [-0.15, -0.1) is 0 Å². The third-order valence-electron chi connectivity index (χ3n) is 4.55. The van der Waals surface area contributed by atoms with Gasteiger partial charge in [-0.05, 0) is 24.1 Å². The molecule has 0 spiro atoms. The number of amides is 1. The Bertz CT molecular complexity index is 832. The molecule has 2 N–H and O–H groups in total. The average molecular weight is 379 g/mol. The van der Waals surface area contributed by atoms with Gasteiger partial charge in [-0.1, -0.05) is 32.0 Å². The van der Waals surface area contributed by atoms with Gasteiger partial charge >= 0.3 is 0 Å². The summed E-state index contributed by atoms with van der Waals surface area (Å²) in [5, 5.41) is 16.5. The lowest BCUT2D eigenvalue weighted by molar-refractivity contribution is -0.120. The number of β-amino-alcohol motifs (C(OH)–C–C–N with tert-alkyl or cyclic N) is 1. The Kier molecular flexibility index (Phi) is 5.30. The van der Waals surface area contributed by atoms with E-state index in [4.69, 9.17) is 4.52 Å². The third-order valence-corrected chi connectivity index (χ3v) is 4.55. The number of rotatable bonds is 4.